The minimum Gasteiger partial charge on any atom is -0.0843 e. The first kappa shape index (κ1) is 14.7. The van der Waals surface area contributed by atoms with E-state index in [1.54, 1.807) is 0 Å². The molecule has 0 amide bonds. The first-order chi connectivity index (χ1) is 10.1. The molecule has 0 N–H and O–H groups in total. The Morgan fingerprint density at radius 3 is 2.05 bits per heavy atom. The summed E-state index contributed by atoms with van der Waals surface area (Å²) in [5.74, 6) is 6.39. The van der Waals surface area contributed by atoms with Gasteiger partial charge in [0.2, 0.25) is 0 Å². The second-order valence-corrected chi connectivity index (χ2v) is 6.70. The molecule has 3 heteroatoms. The molecule has 0 nitrogen and oxygen atoms in total. The third-order valence-corrected chi connectivity index (χ3v) is 4.65. The van der Waals surface area contributed by atoms with Crippen molar-refractivity contribution in [3.8, 4) is 11.8 Å². The Morgan fingerprint density at radius 1 is 0.714 bits per heavy atom. The van der Waals surface area contributed by atoms with Crippen molar-refractivity contribution in [1.82, 2.24) is 0 Å². The number of rotatable bonds is 0. The lowest BCUT2D eigenvalue weighted by Gasteiger charge is -2.01. The number of benzene rings is 3. The van der Waals surface area contributed by atoms with Gasteiger partial charge in [0.05, 0.1) is 0 Å². The highest BCUT2D eigenvalue weighted by atomic mass is 79.9. The Bertz CT molecular complexity index is 889. The molecule has 3 rings (SSSR count). The molecule has 102 valence electrons. The summed E-state index contributed by atoms with van der Waals surface area (Å²) in [4.78, 5) is 0. The normalized spacial score (nSPS) is 10.2. The summed E-state index contributed by atoms with van der Waals surface area (Å²) in [6, 6.07) is 18.0. The van der Waals surface area contributed by atoms with Crippen LogP contribution in [0.3, 0.4) is 0 Å². The Kier molecular flexibility index (Phi) is 4.35. The van der Waals surface area contributed by atoms with Crippen molar-refractivity contribution in [2.24, 2.45) is 0 Å². The van der Waals surface area contributed by atoms with E-state index in [-0.39, 0.29) is 0 Å². The van der Waals surface area contributed by atoms with Crippen LogP contribution < -0.4 is 0 Å². The van der Waals surface area contributed by atoms with Gasteiger partial charge in [-0.15, -0.1) is 0 Å². The van der Waals surface area contributed by atoms with Gasteiger partial charge >= 0.3 is 0 Å². The molecular weight excluding hydrogens is 411 g/mol. The van der Waals surface area contributed by atoms with Gasteiger partial charge in [-0.3, -0.25) is 0 Å². The monoisotopic (exact) mass is 418 g/mol. The zero-order valence-corrected chi connectivity index (χ0v) is 14.8. The van der Waals surface area contributed by atoms with Gasteiger partial charge in [-0.25, -0.2) is 0 Å². The summed E-state index contributed by atoms with van der Waals surface area (Å²) in [6.45, 7) is 0. The lowest BCUT2D eigenvalue weighted by Crippen LogP contribution is -1.82. The number of fused-ring (bicyclic) bond motifs is 1. The molecule has 21 heavy (non-hydrogen) atoms. The maximum Gasteiger partial charge on any atom is 0.0418 e. The van der Waals surface area contributed by atoms with E-state index in [2.05, 4.69) is 68.0 Å². The minimum absolute atomic E-state index is 0.694. The first-order valence-electron chi connectivity index (χ1n) is 6.29. The largest absolute Gasteiger partial charge is 0.0843 e. The number of hydrogen-bond donors (Lipinski definition) is 0. The Hall–Kier alpha value is -1.27. The maximum atomic E-state index is 5.94. The van der Waals surface area contributed by atoms with Crippen LogP contribution in [0.15, 0.2) is 63.5 Å². The van der Waals surface area contributed by atoms with Crippen LogP contribution in [0.5, 0.6) is 0 Å². The lowest BCUT2D eigenvalue weighted by atomic mass is 10.1. The highest BCUT2D eigenvalue weighted by Gasteiger charge is 2.01. The predicted molar refractivity (Wildman–Crippen MR) is 96.8 cm³/mol. The van der Waals surface area contributed by atoms with Crippen molar-refractivity contribution in [3.05, 3.63) is 79.7 Å². The Morgan fingerprint density at radius 2 is 1.33 bits per heavy atom. The van der Waals surface area contributed by atoms with Crippen LogP contribution in [0, 0.1) is 11.8 Å². The van der Waals surface area contributed by atoms with Crippen LogP contribution in [-0.2, 0) is 0 Å². The summed E-state index contributed by atoms with van der Waals surface area (Å²) >= 11 is 13.0. The van der Waals surface area contributed by atoms with Crippen molar-refractivity contribution in [2.75, 3.05) is 0 Å². The van der Waals surface area contributed by atoms with Crippen LogP contribution in [-0.4, -0.2) is 0 Å². The lowest BCUT2D eigenvalue weighted by molar-refractivity contribution is 1.58. The third kappa shape index (κ3) is 3.32. The molecule has 3 aromatic rings. The average Bonchev–Trinajstić information content (AvgIpc) is 2.46. The van der Waals surface area contributed by atoms with E-state index >= 15 is 0 Å². The summed E-state index contributed by atoms with van der Waals surface area (Å²) in [5.41, 5.74) is 1.88. The van der Waals surface area contributed by atoms with Crippen molar-refractivity contribution in [2.45, 2.75) is 0 Å². The summed E-state index contributed by atoms with van der Waals surface area (Å²) in [5, 5.41) is 3.07. The fraction of sp³-hybridized carbons (Fsp3) is 0. The van der Waals surface area contributed by atoms with Gasteiger partial charge in [-0.1, -0.05) is 47.7 Å². The fourth-order valence-electron chi connectivity index (χ4n) is 2.03. The highest BCUT2D eigenvalue weighted by molar-refractivity contribution is 9.10. The molecule has 0 aliphatic heterocycles. The van der Waals surface area contributed by atoms with E-state index in [1.165, 1.54) is 10.8 Å². The molecule has 0 atom stereocenters. The van der Waals surface area contributed by atoms with Gasteiger partial charge in [0, 0.05) is 25.1 Å². The Labute approximate surface area is 145 Å². The van der Waals surface area contributed by atoms with E-state index in [1.807, 2.05) is 30.3 Å². The molecular formula is C18H9Br2Cl. The van der Waals surface area contributed by atoms with Crippen LogP contribution in [0.4, 0.5) is 0 Å². The molecule has 0 unspecified atom stereocenters. The second-order valence-electron chi connectivity index (χ2n) is 4.55. The molecule has 3 aromatic carbocycles. The summed E-state index contributed by atoms with van der Waals surface area (Å²) in [6.07, 6.45) is 0. The summed E-state index contributed by atoms with van der Waals surface area (Å²) < 4.78 is 1.90. The van der Waals surface area contributed by atoms with Crippen molar-refractivity contribution in [3.63, 3.8) is 0 Å². The average molecular weight is 421 g/mol. The molecule has 0 bridgehead atoms. The van der Waals surface area contributed by atoms with Gasteiger partial charge in [0.25, 0.3) is 0 Å². The number of hydrogen-bond acceptors (Lipinski definition) is 0. The highest BCUT2D eigenvalue weighted by Crippen LogP contribution is 2.25. The van der Waals surface area contributed by atoms with Crippen LogP contribution >= 0.6 is 43.5 Å². The predicted octanol–water partition coefficient (Wildman–Crippen LogP) is 6.42. The smallest absolute Gasteiger partial charge is 0.0418 e. The molecule has 0 saturated heterocycles. The fourth-order valence-corrected chi connectivity index (χ4v) is 3.28. The zero-order chi connectivity index (χ0) is 14.8. The van der Waals surface area contributed by atoms with E-state index < -0.39 is 0 Å². The molecule has 0 fully saturated rings. The van der Waals surface area contributed by atoms with Gasteiger partial charge in [-0.05, 0) is 73.0 Å². The van der Waals surface area contributed by atoms with Gasteiger partial charge in [0.15, 0.2) is 0 Å². The molecule has 0 aromatic heterocycles. The first-order valence-corrected chi connectivity index (χ1v) is 8.25. The van der Waals surface area contributed by atoms with E-state index in [9.17, 15) is 0 Å². The molecule has 0 aliphatic rings. The molecule has 0 spiro atoms. The standard InChI is InChI=1S/C18H9Br2Cl/c19-17-10-14-4-2-1-3-13(14)9-15(17)6-5-12-7-8-16(21)11-18(12)20/h1-4,7-11H. The van der Waals surface area contributed by atoms with Crippen molar-refractivity contribution >= 4 is 54.2 Å². The molecule has 0 heterocycles. The van der Waals surface area contributed by atoms with Crippen molar-refractivity contribution in [1.29, 1.82) is 0 Å². The molecule has 0 aliphatic carbocycles. The summed E-state index contributed by atoms with van der Waals surface area (Å²) in [7, 11) is 0. The van der Waals surface area contributed by atoms with Crippen LogP contribution in [0.1, 0.15) is 11.1 Å². The van der Waals surface area contributed by atoms with Crippen LogP contribution in [0.25, 0.3) is 10.8 Å². The third-order valence-electron chi connectivity index (χ3n) is 3.10. The molecule has 0 radical (unpaired) electrons. The van der Waals surface area contributed by atoms with Crippen molar-refractivity contribution < 1.29 is 0 Å². The zero-order valence-electron chi connectivity index (χ0n) is 10.8. The molecule has 0 saturated carbocycles. The number of halogens is 3. The second kappa shape index (κ2) is 6.23. The van der Waals surface area contributed by atoms with E-state index in [0.29, 0.717) is 5.02 Å². The quantitative estimate of drug-likeness (QED) is 0.368. The van der Waals surface area contributed by atoms with Gasteiger partial charge in [0.1, 0.15) is 0 Å². The van der Waals surface area contributed by atoms with Gasteiger partial charge < -0.3 is 0 Å². The SMILES string of the molecule is Clc1ccc(C#Cc2cc3ccccc3cc2Br)c(Br)c1. The van der Waals surface area contributed by atoms with E-state index in [0.717, 1.165) is 20.1 Å². The van der Waals surface area contributed by atoms with Gasteiger partial charge in [-0.2, -0.15) is 0 Å². The van der Waals surface area contributed by atoms with Crippen LogP contribution in [0.2, 0.25) is 5.02 Å². The topological polar surface area (TPSA) is 0 Å². The van der Waals surface area contributed by atoms with E-state index in [4.69, 9.17) is 11.6 Å². The maximum absolute atomic E-state index is 5.94. The minimum atomic E-state index is 0.694. The Balaban J connectivity index is 2.06.